The number of aromatic nitrogens is 2. The number of benzene rings is 1. The highest BCUT2D eigenvalue weighted by atomic mass is 32.1. The van der Waals surface area contributed by atoms with Crippen molar-refractivity contribution in [2.24, 2.45) is 0 Å². The molecule has 1 amide bonds. The van der Waals surface area contributed by atoms with E-state index in [2.05, 4.69) is 34.3 Å². The molecule has 2 aromatic heterocycles. The molecule has 6 heteroatoms. The summed E-state index contributed by atoms with van der Waals surface area (Å²) in [5.74, 6) is 0.725. The molecule has 0 aliphatic carbocycles. The second-order valence-electron chi connectivity index (χ2n) is 6.43. The molecule has 0 radical (unpaired) electrons. The van der Waals surface area contributed by atoms with E-state index < -0.39 is 0 Å². The van der Waals surface area contributed by atoms with Gasteiger partial charge in [-0.05, 0) is 41.6 Å². The van der Waals surface area contributed by atoms with Gasteiger partial charge in [0.05, 0.1) is 18.4 Å². The number of hydrogen-bond donors (Lipinski definition) is 1. The van der Waals surface area contributed by atoms with Crippen molar-refractivity contribution in [3.8, 4) is 17.0 Å². The molecule has 0 unspecified atom stereocenters. The first-order valence-electron chi connectivity index (χ1n) is 8.75. The van der Waals surface area contributed by atoms with Crippen LogP contribution < -0.4 is 10.1 Å². The number of amides is 1. The summed E-state index contributed by atoms with van der Waals surface area (Å²) in [7, 11) is 0. The molecular formula is C21H19N3O2S. The van der Waals surface area contributed by atoms with Gasteiger partial charge >= 0.3 is 0 Å². The zero-order valence-corrected chi connectivity index (χ0v) is 15.7. The van der Waals surface area contributed by atoms with Gasteiger partial charge in [0.1, 0.15) is 11.9 Å². The summed E-state index contributed by atoms with van der Waals surface area (Å²) in [5.41, 5.74) is 4.04. The molecule has 4 rings (SSSR count). The summed E-state index contributed by atoms with van der Waals surface area (Å²) in [6.07, 6.45) is 9.13. The second-order valence-corrected chi connectivity index (χ2v) is 7.41. The molecule has 0 spiro atoms. The molecule has 1 aromatic carbocycles. The van der Waals surface area contributed by atoms with Gasteiger partial charge in [0.2, 0.25) is 5.91 Å². The zero-order chi connectivity index (χ0) is 18.6. The maximum atomic E-state index is 12.0. The molecule has 1 N–H and O–H groups in total. The highest BCUT2D eigenvalue weighted by Gasteiger charge is 2.27. The van der Waals surface area contributed by atoms with Crippen LogP contribution in [0.1, 0.15) is 16.0 Å². The third-order valence-corrected chi connectivity index (χ3v) is 5.17. The van der Waals surface area contributed by atoms with Crippen LogP contribution in [0.2, 0.25) is 0 Å². The lowest BCUT2D eigenvalue weighted by Gasteiger charge is -2.13. The fraction of sp³-hybridized carbons (Fsp3) is 0.190. The van der Waals surface area contributed by atoms with E-state index in [-0.39, 0.29) is 12.0 Å². The Kier molecular flexibility index (Phi) is 4.98. The van der Waals surface area contributed by atoms with E-state index >= 15 is 0 Å². The summed E-state index contributed by atoms with van der Waals surface area (Å²) >= 11 is 1.60. The average Bonchev–Trinajstić information content (AvgIpc) is 3.34. The van der Waals surface area contributed by atoms with E-state index in [1.165, 1.54) is 0 Å². The van der Waals surface area contributed by atoms with E-state index in [9.17, 15) is 4.79 Å². The van der Waals surface area contributed by atoms with Crippen molar-refractivity contribution in [2.75, 3.05) is 6.54 Å². The quantitative estimate of drug-likeness (QED) is 0.690. The molecule has 1 aliphatic rings. The molecule has 1 aliphatic heterocycles. The van der Waals surface area contributed by atoms with Crippen molar-refractivity contribution in [1.29, 1.82) is 0 Å². The van der Waals surface area contributed by atoms with Crippen molar-refractivity contribution in [1.82, 2.24) is 15.3 Å². The Balaban J connectivity index is 1.43. The van der Waals surface area contributed by atoms with Gasteiger partial charge in [-0.2, -0.15) is 0 Å². The van der Waals surface area contributed by atoms with Crippen molar-refractivity contribution in [2.45, 2.75) is 19.4 Å². The van der Waals surface area contributed by atoms with Crippen molar-refractivity contribution < 1.29 is 9.53 Å². The summed E-state index contributed by atoms with van der Waals surface area (Å²) in [6.45, 7) is 2.52. The van der Waals surface area contributed by atoms with Gasteiger partial charge < -0.3 is 10.1 Å². The van der Waals surface area contributed by atoms with Gasteiger partial charge in [0.15, 0.2) is 0 Å². The summed E-state index contributed by atoms with van der Waals surface area (Å²) in [4.78, 5) is 21.6. The Labute approximate surface area is 161 Å². The third-order valence-electron chi connectivity index (χ3n) is 4.33. The van der Waals surface area contributed by atoms with Crippen LogP contribution in [-0.2, 0) is 11.2 Å². The predicted molar refractivity (Wildman–Crippen MR) is 107 cm³/mol. The lowest BCUT2D eigenvalue weighted by Crippen LogP contribution is -2.33. The number of nitrogens with zero attached hydrogens (tertiary/aromatic N) is 2. The minimum Gasteiger partial charge on any atom is -0.487 e. The Hall–Kier alpha value is -2.99. The van der Waals surface area contributed by atoms with Crippen LogP contribution in [0.3, 0.4) is 0 Å². The first kappa shape index (κ1) is 17.4. The topological polar surface area (TPSA) is 64.1 Å². The maximum absolute atomic E-state index is 12.0. The number of thiophene rings is 1. The van der Waals surface area contributed by atoms with Crippen LogP contribution in [-0.4, -0.2) is 28.5 Å². The van der Waals surface area contributed by atoms with Crippen molar-refractivity contribution in [3.63, 3.8) is 0 Å². The fourth-order valence-electron chi connectivity index (χ4n) is 3.15. The number of ether oxygens (including phenoxy) is 1. The van der Waals surface area contributed by atoms with Gasteiger partial charge in [-0.25, -0.2) is 0 Å². The Morgan fingerprint density at radius 2 is 2.33 bits per heavy atom. The average molecular weight is 377 g/mol. The van der Waals surface area contributed by atoms with Crippen LogP contribution in [0, 0.1) is 6.92 Å². The number of rotatable bonds is 5. The Bertz CT molecular complexity index is 969. The molecule has 3 heterocycles. The van der Waals surface area contributed by atoms with E-state index in [4.69, 9.17) is 4.74 Å². The minimum atomic E-state index is -0.117. The van der Waals surface area contributed by atoms with Crippen molar-refractivity contribution >= 4 is 23.3 Å². The Morgan fingerprint density at radius 1 is 1.41 bits per heavy atom. The van der Waals surface area contributed by atoms with Crippen LogP contribution in [0.4, 0.5) is 0 Å². The third kappa shape index (κ3) is 4.06. The first-order chi connectivity index (χ1) is 13.2. The smallest absolute Gasteiger partial charge is 0.244 e. The number of aryl methyl sites for hydroxylation is 1. The maximum Gasteiger partial charge on any atom is 0.244 e. The Morgan fingerprint density at radius 3 is 3.11 bits per heavy atom. The largest absolute Gasteiger partial charge is 0.487 e. The molecule has 0 fully saturated rings. The highest BCUT2D eigenvalue weighted by molar-refractivity contribution is 7.10. The molecule has 0 bridgehead atoms. The SMILES string of the molecule is Cc1cc2c(c(-c3cnccn3)c1)O[C@@H](CNC(=O)/C=C/c1cccs1)C2. The van der Waals surface area contributed by atoms with Gasteiger partial charge in [-0.15, -0.1) is 11.3 Å². The van der Waals surface area contributed by atoms with Crippen LogP contribution in [0.5, 0.6) is 5.75 Å². The molecule has 3 aromatic rings. The number of fused-ring (bicyclic) bond motifs is 1. The monoisotopic (exact) mass is 377 g/mol. The van der Waals surface area contributed by atoms with Gasteiger partial charge in [0, 0.05) is 35.3 Å². The molecule has 0 saturated carbocycles. The normalized spacial score (nSPS) is 15.5. The lowest BCUT2D eigenvalue weighted by atomic mass is 10.0. The van der Waals surface area contributed by atoms with Crippen LogP contribution in [0.25, 0.3) is 17.3 Å². The molecule has 5 nitrogen and oxygen atoms in total. The number of nitrogens with one attached hydrogen (secondary N) is 1. The molecule has 136 valence electrons. The molecule has 1 atom stereocenters. The predicted octanol–water partition coefficient (Wildman–Crippen LogP) is 3.65. The minimum absolute atomic E-state index is 0.0868. The zero-order valence-electron chi connectivity index (χ0n) is 14.9. The number of hydrogen-bond acceptors (Lipinski definition) is 5. The van der Waals surface area contributed by atoms with E-state index in [1.54, 1.807) is 36.0 Å². The molecular weight excluding hydrogens is 358 g/mol. The summed E-state index contributed by atoms with van der Waals surface area (Å²) in [6, 6.07) is 8.13. The first-order valence-corrected chi connectivity index (χ1v) is 9.63. The standard InChI is InChI=1S/C21H19N3O2S/c1-14-9-15-11-16(12-24-20(25)5-4-17-3-2-8-27-17)26-21(15)18(10-14)19-13-22-6-7-23-19/h2-10,13,16H,11-12H2,1H3,(H,24,25)/b5-4+/t16-/m1/s1. The van der Waals surface area contributed by atoms with Crippen LogP contribution in [0.15, 0.2) is 54.3 Å². The van der Waals surface area contributed by atoms with E-state index in [0.717, 1.165) is 39.4 Å². The lowest BCUT2D eigenvalue weighted by molar-refractivity contribution is -0.116. The number of carbonyl (C=O) groups is 1. The van der Waals surface area contributed by atoms with E-state index in [1.807, 2.05) is 23.6 Å². The van der Waals surface area contributed by atoms with Gasteiger partial charge in [-0.1, -0.05) is 12.1 Å². The number of carbonyl (C=O) groups excluding carboxylic acids is 1. The summed E-state index contributed by atoms with van der Waals surface area (Å²) in [5, 5.41) is 4.91. The van der Waals surface area contributed by atoms with E-state index in [0.29, 0.717) is 6.54 Å². The van der Waals surface area contributed by atoms with Gasteiger partial charge in [0.25, 0.3) is 0 Å². The molecule has 0 saturated heterocycles. The molecule has 27 heavy (non-hydrogen) atoms. The summed E-state index contributed by atoms with van der Waals surface area (Å²) < 4.78 is 6.14. The highest BCUT2D eigenvalue weighted by Crippen LogP contribution is 2.38. The van der Waals surface area contributed by atoms with Gasteiger partial charge in [-0.3, -0.25) is 14.8 Å². The van der Waals surface area contributed by atoms with Crippen LogP contribution >= 0.6 is 11.3 Å². The second kappa shape index (κ2) is 7.72. The van der Waals surface area contributed by atoms with Crippen molar-refractivity contribution in [3.05, 3.63) is 70.3 Å². The fourth-order valence-corrected chi connectivity index (χ4v) is 3.77.